The van der Waals surface area contributed by atoms with Crippen molar-refractivity contribution in [2.75, 3.05) is 0 Å². The topological polar surface area (TPSA) is 80.1 Å². The summed E-state index contributed by atoms with van der Waals surface area (Å²) >= 11 is 1.46. The number of carbonyl (C=O) groups is 2. The Labute approximate surface area is 217 Å². The molecule has 1 atom stereocenters. The van der Waals surface area contributed by atoms with Gasteiger partial charge in [0.05, 0.1) is 12.1 Å². The maximum absolute atomic E-state index is 15.1. The van der Waals surface area contributed by atoms with Crippen LogP contribution in [0.25, 0.3) is 11.0 Å². The Hall–Kier alpha value is -4.37. The van der Waals surface area contributed by atoms with Crippen molar-refractivity contribution in [1.82, 2.24) is 25.2 Å². The average molecular weight is 514 g/mol. The molecule has 0 bridgehead atoms. The number of fused-ring (bicyclic) bond motifs is 1. The quantitative estimate of drug-likeness (QED) is 0.309. The number of rotatable bonds is 9. The first-order valence-corrected chi connectivity index (χ1v) is 12.6. The Morgan fingerprint density at radius 1 is 0.946 bits per heavy atom. The Bertz CT molecular complexity index is 1500. The van der Waals surface area contributed by atoms with E-state index < -0.39 is 17.8 Å². The van der Waals surface area contributed by atoms with Crippen LogP contribution in [0, 0.1) is 5.82 Å². The van der Waals surface area contributed by atoms with E-state index in [2.05, 4.69) is 15.6 Å². The van der Waals surface area contributed by atoms with Gasteiger partial charge >= 0.3 is 0 Å². The van der Waals surface area contributed by atoms with E-state index in [0.29, 0.717) is 11.0 Å². The predicted octanol–water partition coefficient (Wildman–Crippen LogP) is 4.72. The Morgan fingerprint density at radius 2 is 1.70 bits per heavy atom. The van der Waals surface area contributed by atoms with Crippen LogP contribution in [0.4, 0.5) is 4.39 Å². The first kappa shape index (κ1) is 24.3. The highest BCUT2D eigenvalue weighted by Gasteiger charge is 2.34. The van der Waals surface area contributed by atoms with Crippen molar-refractivity contribution >= 4 is 34.2 Å². The van der Waals surface area contributed by atoms with Gasteiger partial charge in [-0.15, -0.1) is 16.4 Å². The third kappa shape index (κ3) is 5.57. The molecule has 0 saturated heterocycles. The van der Waals surface area contributed by atoms with E-state index in [0.717, 1.165) is 10.4 Å². The molecule has 37 heavy (non-hydrogen) atoms. The highest BCUT2D eigenvalue weighted by atomic mass is 32.1. The van der Waals surface area contributed by atoms with Gasteiger partial charge in [0.15, 0.2) is 0 Å². The highest BCUT2D eigenvalue weighted by molar-refractivity contribution is 7.09. The molecule has 186 valence electrons. The lowest BCUT2D eigenvalue weighted by Gasteiger charge is -2.31. The van der Waals surface area contributed by atoms with Crippen LogP contribution in [0.2, 0.25) is 0 Å². The van der Waals surface area contributed by atoms with E-state index in [1.54, 1.807) is 18.2 Å². The second kappa shape index (κ2) is 11.1. The molecule has 2 aromatic heterocycles. The molecule has 0 fully saturated rings. The first-order chi connectivity index (χ1) is 18.1. The molecule has 0 aliphatic heterocycles. The summed E-state index contributed by atoms with van der Waals surface area (Å²) in [6.45, 7) is 0.239. The summed E-state index contributed by atoms with van der Waals surface area (Å²) < 4.78 is 16.6. The number of nitrogens with one attached hydrogen (secondary N) is 1. The molecule has 5 aromatic rings. The number of carbonyl (C=O) groups excluding carboxylic acids is 2. The van der Waals surface area contributed by atoms with E-state index >= 15 is 4.39 Å². The van der Waals surface area contributed by atoms with Crippen LogP contribution in [0.5, 0.6) is 0 Å². The number of aromatic nitrogens is 3. The van der Waals surface area contributed by atoms with Gasteiger partial charge in [-0.1, -0.05) is 71.9 Å². The summed E-state index contributed by atoms with van der Waals surface area (Å²) in [7, 11) is 0. The monoisotopic (exact) mass is 513 g/mol. The van der Waals surface area contributed by atoms with Crippen molar-refractivity contribution in [2.24, 2.45) is 0 Å². The Morgan fingerprint density at radius 3 is 2.49 bits per heavy atom. The molecule has 0 aliphatic carbocycles. The molecule has 0 unspecified atom stereocenters. The summed E-state index contributed by atoms with van der Waals surface area (Å²) in [5.41, 5.74) is 2.38. The lowest BCUT2D eigenvalue weighted by atomic mass is 10.0. The van der Waals surface area contributed by atoms with E-state index in [-0.39, 0.29) is 31.1 Å². The molecule has 0 spiro atoms. The van der Waals surface area contributed by atoms with E-state index in [9.17, 15) is 9.59 Å². The minimum absolute atomic E-state index is 0.126. The summed E-state index contributed by atoms with van der Waals surface area (Å²) in [5, 5.41) is 13.1. The van der Waals surface area contributed by atoms with Crippen molar-refractivity contribution in [2.45, 2.75) is 25.7 Å². The SMILES string of the molecule is O=C(NCc1ccccc1)[C@H](c1ccccc1F)N(Cc1cccs1)C(=O)Cn1nnc2ccccc21. The number of benzene rings is 3. The maximum atomic E-state index is 15.1. The minimum atomic E-state index is -1.19. The van der Waals surface area contributed by atoms with Crippen LogP contribution in [0.1, 0.15) is 22.0 Å². The standard InChI is InChI=1S/C28H24FN5O2S/c29-23-13-5-4-12-22(23)27(28(36)30-17-20-9-2-1-3-10-20)33(18-21-11-8-16-37-21)26(35)19-34-25-15-7-6-14-24(25)31-32-34/h1-16,27H,17-19H2,(H,30,36)/t27-/m0/s1. The Balaban J connectivity index is 1.50. The Kier molecular flexibility index (Phi) is 7.32. The normalized spacial score (nSPS) is 11.8. The van der Waals surface area contributed by atoms with E-state index in [4.69, 9.17) is 0 Å². The smallest absolute Gasteiger partial charge is 0.247 e. The molecular formula is C28H24FN5O2S. The lowest BCUT2D eigenvalue weighted by molar-refractivity contribution is -0.142. The van der Waals surface area contributed by atoms with Crippen LogP contribution in [0.15, 0.2) is 96.4 Å². The van der Waals surface area contributed by atoms with Gasteiger partial charge in [-0.05, 0) is 35.2 Å². The molecule has 1 N–H and O–H groups in total. The minimum Gasteiger partial charge on any atom is -0.350 e. The molecule has 7 nitrogen and oxygen atoms in total. The summed E-state index contributed by atoms with van der Waals surface area (Å²) in [6, 6.07) is 25.4. The van der Waals surface area contributed by atoms with Gasteiger partial charge in [0.1, 0.15) is 23.9 Å². The molecule has 0 aliphatic rings. The second-order valence-corrected chi connectivity index (χ2v) is 9.50. The van der Waals surface area contributed by atoms with Gasteiger partial charge in [0.25, 0.3) is 0 Å². The fourth-order valence-corrected chi connectivity index (χ4v) is 4.88. The number of hydrogen-bond donors (Lipinski definition) is 1. The van der Waals surface area contributed by atoms with Crippen molar-refractivity contribution < 1.29 is 14.0 Å². The molecule has 0 radical (unpaired) electrons. The van der Waals surface area contributed by atoms with Crippen LogP contribution >= 0.6 is 11.3 Å². The predicted molar refractivity (Wildman–Crippen MR) is 140 cm³/mol. The zero-order chi connectivity index (χ0) is 25.6. The van der Waals surface area contributed by atoms with E-state index in [1.807, 2.05) is 72.1 Å². The molecule has 2 amide bonds. The molecular weight excluding hydrogens is 489 g/mol. The van der Waals surface area contributed by atoms with Gasteiger partial charge in [-0.25, -0.2) is 9.07 Å². The number of thiophene rings is 1. The van der Waals surface area contributed by atoms with Crippen molar-refractivity contribution in [3.63, 3.8) is 0 Å². The summed E-state index contributed by atoms with van der Waals surface area (Å²) in [6.07, 6.45) is 0. The van der Waals surface area contributed by atoms with Crippen LogP contribution in [-0.2, 0) is 29.2 Å². The van der Waals surface area contributed by atoms with Gasteiger partial charge in [-0.2, -0.15) is 0 Å². The first-order valence-electron chi connectivity index (χ1n) is 11.8. The van der Waals surface area contributed by atoms with Crippen LogP contribution in [-0.4, -0.2) is 31.7 Å². The average Bonchev–Trinajstić information content (AvgIpc) is 3.59. The fraction of sp³-hybridized carbons (Fsp3) is 0.143. The van der Waals surface area contributed by atoms with Gasteiger partial charge < -0.3 is 10.2 Å². The van der Waals surface area contributed by atoms with Crippen molar-refractivity contribution in [3.05, 3.63) is 118 Å². The number of hydrogen-bond acceptors (Lipinski definition) is 5. The third-order valence-corrected chi connectivity index (χ3v) is 6.86. The van der Waals surface area contributed by atoms with Crippen molar-refractivity contribution in [3.8, 4) is 0 Å². The zero-order valence-corrected chi connectivity index (χ0v) is 20.6. The number of amides is 2. The van der Waals surface area contributed by atoms with E-state index in [1.165, 1.54) is 27.0 Å². The highest BCUT2D eigenvalue weighted by Crippen LogP contribution is 2.28. The number of nitrogens with zero attached hydrogens (tertiary/aromatic N) is 4. The molecule has 3 aromatic carbocycles. The van der Waals surface area contributed by atoms with Crippen LogP contribution in [0.3, 0.4) is 0 Å². The summed E-state index contributed by atoms with van der Waals surface area (Å²) in [5.74, 6) is -1.41. The van der Waals surface area contributed by atoms with Gasteiger partial charge in [0.2, 0.25) is 11.8 Å². The van der Waals surface area contributed by atoms with Gasteiger partial charge in [-0.3, -0.25) is 9.59 Å². The van der Waals surface area contributed by atoms with Crippen LogP contribution < -0.4 is 5.32 Å². The summed E-state index contributed by atoms with van der Waals surface area (Å²) in [4.78, 5) is 29.8. The molecule has 0 saturated carbocycles. The maximum Gasteiger partial charge on any atom is 0.247 e. The lowest BCUT2D eigenvalue weighted by Crippen LogP contribution is -2.44. The van der Waals surface area contributed by atoms with Gasteiger partial charge in [0, 0.05) is 17.0 Å². The second-order valence-electron chi connectivity index (χ2n) is 8.46. The van der Waals surface area contributed by atoms with Crippen molar-refractivity contribution in [1.29, 1.82) is 0 Å². The largest absolute Gasteiger partial charge is 0.350 e. The molecule has 5 rings (SSSR count). The number of halogens is 1. The fourth-order valence-electron chi connectivity index (χ4n) is 4.18. The molecule has 9 heteroatoms. The zero-order valence-electron chi connectivity index (χ0n) is 19.8. The number of para-hydroxylation sites is 1. The molecule has 2 heterocycles. The third-order valence-electron chi connectivity index (χ3n) is 6.00.